The molecule has 0 radical (unpaired) electrons. The third-order valence-corrected chi connectivity index (χ3v) is 4.94. The van der Waals surface area contributed by atoms with Crippen molar-refractivity contribution in [1.29, 1.82) is 0 Å². The van der Waals surface area contributed by atoms with Crippen molar-refractivity contribution in [3.8, 4) is 11.1 Å². The van der Waals surface area contributed by atoms with Crippen LogP contribution in [0.3, 0.4) is 0 Å². The molecule has 25 heavy (non-hydrogen) atoms. The van der Waals surface area contributed by atoms with Gasteiger partial charge in [-0.15, -0.1) is 0 Å². The minimum Gasteiger partial charge on any atom is -0.251 e. The molecule has 1 unspecified atom stereocenters. The molecule has 118 valence electrons. The van der Waals surface area contributed by atoms with Gasteiger partial charge in [-0.25, -0.2) is 0 Å². The Kier molecular flexibility index (Phi) is 3.24. The van der Waals surface area contributed by atoms with Gasteiger partial charge in [-0.2, -0.15) is 0 Å². The van der Waals surface area contributed by atoms with Crippen molar-refractivity contribution in [2.75, 3.05) is 0 Å². The number of fused-ring (bicyclic) bond motifs is 3. The number of hydrogen-bond acceptors (Lipinski definition) is 1. The Morgan fingerprint density at radius 3 is 2.20 bits per heavy atom. The molecule has 1 atom stereocenters. The first-order chi connectivity index (χ1) is 12.4. The number of rotatable bonds is 2. The summed E-state index contributed by atoms with van der Waals surface area (Å²) in [5.41, 5.74) is 8.45. The molecule has 3 aromatic carbocycles. The molecule has 5 rings (SSSR count). The number of nitrogens with zero attached hydrogens (tertiary/aromatic N) is 1. The number of aliphatic imine (C=N–C) groups is 1. The molecule has 0 fully saturated rings. The predicted octanol–water partition coefficient (Wildman–Crippen LogP) is 6.18. The molecule has 0 saturated heterocycles. The molecule has 1 heterocycles. The highest BCUT2D eigenvalue weighted by atomic mass is 14.8. The smallest absolute Gasteiger partial charge is 0.0790 e. The third kappa shape index (κ3) is 2.28. The Morgan fingerprint density at radius 1 is 0.680 bits per heavy atom. The molecule has 0 aromatic heterocycles. The number of benzene rings is 3. The van der Waals surface area contributed by atoms with Crippen LogP contribution in [0.1, 0.15) is 17.0 Å². The van der Waals surface area contributed by atoms with Gasteiger partial charge in [0.25, 0.3) is 0 Å². The van der Waals surface area contributed by atoms with E-state index in [2.05, 4.69) is 97.1 Å². The van der Waals surface area contributed by atoms with Gasteiger partial charge in [0.2, 0.25) is 0 Å². The van der Waals surface area contributed by atoms with Gasteiger partial charge >= 0.3 is 0 Å². The van der Waals surface area contributed by atoms with Gasteiger partial charge in [-0.1, -0.05) is 97.1 Å². The van der Waals surface area contributed by atoms with Gasteiger partial charge in [-0.05, 0) is 11.1 Å². The molecule has 0 saturated carbocycles. The van der Waals surface area contributed by atoms with E-state index in [0.717, 1.165) is 11.4 Å². The van der Waals surface area contributed by atoms with Crippen molar-refractivity contribution >= 4 is 17.0 Å². The zero-order valence-corrected chi connectivity index (χ0v) is 13.8. The molecule has 1 nitrogen and oxygen atoms in total. The maximum atomic E-state index is 5.10. The molecular weight excluding hydrogens is 302 g/mol. The minimum atomic E-state index is 0.220. The van der Waals surface area contributed by atoms with E-state index >= 15 is 0 Å². The Morgan fingerprint density at radius 2 is 1.40 bits per heavy atom. The highest BCUT2D eigenvalue weighted by molar-refractivity contribution is 6.33. The third-order valence-electron chi connectivity index (χ3n) is 4.94. The van der Waals surface area contributed by atoms with Gasteiger partial charge in [0.1, 0.15) is 0 Å². The van der Waals surface area contributed by atoms with Crippen molar-refractivity contribution in [1.82, 2.24) is 0 Å². The van der Waals surface area contributed by atoms with E-state index in [4.69, 9.17) is 4.99 Å². The summed E-state index contributed by atoms with van der Waals surface area (Å²) in [6.45, 7) is 0. The van der Waals surface area contributed by atoms with E-state index in [0.29, 0.717) is 0 Å². The molecular formula is C24H17N. The van der Waals surface area contributed by atoms with Crippen LogP contribution < -0.4 is 0 Å². The molecule has 2 aliphatic rings. The van der Waals surface area contributed by atoms with Gasteiger partial charge in [0.05, 0.1) is 11.4 Å². The van der Waals surface area contributed by atoms with Crippen LogP contribution in [0.4, 0.5) is 5.69 Å². The fourth-order valence-electron chi connectivity index (χ4n) is 3.75. The topological polar surface area (TPSA) is 12.4 Å². The van der Waals surface area contributed by atoms with Crippen LogP contribution in [0.25, 0.3) is 16.7 Å². The quantitative estimate of drug-likeness (QED) is 0.535. The van der Waals surface area contributed by atoms with Crippen molar-refractivity contribution in [3.63, 3.8) is 0 Å². The largest absolute Gasteiger partial charge is 0.251 e. The molecule has 3 aromatic rings. The standard InChI is InChI=1S/C24H17N/c1-3-9-17(10-4-1)19-13-7-15-21-22-16-8-14-20(24(22)25-23(19)21)18-11-5-2-6-12-18/h1-16,19H. The average molecular weight is 319 g/mol. The summed E-state index contributed by atoms with van der Waals surface area (Å²) in [6.07, 6.45) is 6.60. The van der Waals surface area contributed by atoms with Crippen LogP contribution >= 0.6 is 0 Å². The first-order valence-corrected chi connectivity index (χ1v) is 8.63. The summed E-state index contributed by atoms with van der Waals surface area (Å²) in [6, 6.07) is 27.6. The zero-order chi connectivity index (χ0) is 16.6. The second-order valence-corrected chi connectivity index (χ2v) is 6.42. The summed E-state index contributed by atoms with van der Waals surface area (Å²) in [4.78, 5) is 5.10. The van der Waals surface area contributed by atoms with E-state index in [1.54, 1.807) is 0 Å². The number of hydrogen-bond donors (Lipinski definition) is 0. The predicted molar refractivity (Wildman–Crippen MR) is 105 cm³/mol. The van der Waals surface area contributed by atoms with Crippen LogP contribution in [0.2, 0.25) is 0 Å². The van der Waals surface area contributed by atoms with E-state index in [-0.39, 0.29) is 5.92 Å². The second kappa shape index (κ2) is 5.71. The lowest BCUT2D eigenvalue weighted by Gasteiger charge is -2.18. The van der Waals surface area contributed by atoms with E-state index in [9.17, 15) is 0 Å². The summed E-state index contributed by atoms with van der Waals surface area (Å²) in [5.74, 6) is 0.220. The summed E-state index contributed by atoms with van der Waals surface area (Å²) >= 11 is 0. The summed E-state index contributed by atoms with van der Waals surface area (Å²) in [5, 5.41) is 0. The lowest BCUT2D eigenvalue weighted by molar-refractivity contribution is 1.14. The summed E-state index contributed by atoms with van der Waals surface area (Å²) < 4.78 is 0. The Labute approximate surface area is 147 Å². The van der Waals surface area contributed by atoms with Crippen molar-refractivity contribution in [3.05, 3.63) is 108 Å². The highest BCUT2D eigenvalue weighted by Gasteiger charge is 2.30. The Balaban J connectivity index is 1.67. The fraction of sp³-hybridized carbons (Fsp3) is 0.0417. The number of allylic oxidation sites excluding steroid dienone is 4. The lowest BCUT2D eigenvalue weighted by Crippen LogP contribution is -2.12. The number of para-hydroxylation sites is 1. The lowest BCUT2D eigenvalue weighted by atomic mass is 9.84. The van der Waals surface area contributed by atoms with Gasteiger partial charge in [-0.3, -0.25) is 4.99 Å². The molecule has 0 bridgehead atoms. The van der Waals surface area contributed by atoms with Crippen LogP contribution in [0.15, 0.2) is 102 Å². The van der Waals surface area contributed by atoms with Crippen molar-refractivity contribution in [2.45, 2.75) is 5.92 Å². The van der Waals surface area contributed by atoms with Crippen LogP contribution in [-0.2, 0) is 0 Å². The van der Waals surface area contributed by atoms with Gasteiger partial charge in [0, 0.05) is 22.6 Å². The maximum Gasteiger partial charge on any atom is 0.0790 e. The molecule has 1 aliphatic heterocycles. The van der Waals surface area contributed by atoms with Crippen molar-refractivity contribution in [2.24, 2.45) is 4.99 Å². The fourth-order valence-corrected chi connectivity index (χ4v) is 3.75. The first-order valence-electron chi connectivity index (χ1n) is 8.63. The monoisotopic (exact) mass is 319 g/mol. The molecule has 0 amide bonds. The van der Waals surface area contributed by atoms with Gasteiger partial charge in [0.15, 0.2) is 0 Å². The Hall–Kier alpha value is -3.19. The summed E-state index contributed by atoms with van der Waals surface area (Å²) in [7, 11) is 0. The van der Waals surface area contributed by atoms with E-state index in [1.807, 2.05) is 0 Å². The maximum absolute atomic E-state index is 5.10. The zero-order valence-electron chi connectivity index (χ0n) is 13.8. The van der Waals surface area contributed by atoms with E-state index in [1.165, 1.54) is 27.8 Å². The van der Waals surface area contributed by atoms with Gasteiger partial charge < -0.3 is 0 Å². The normalized spacial score (nSPS) is 17.5. The molecule has 0 N–H and O–H groups in total. The SMILES string of the molecule is C1=CC(c2ccccc2)C2=Nc3c(cccc3-c3ccccc3)C2=C1. The van der Waals surface area contributed by atoms with E-state index < -0.39 is 0 Å². The first kappa shape index (κ1) is 14.2. The highest BCUT2D eigenvalue weighted by Crippen LogP contribution is 2.46. The van der Waals surface area contributed by atoms with Crippen molar-refractivity contribution < 1.29 is 0 Å². The Bertz CT molecular complexity index is 1020. The van der Waals surface area contributed by atoms with Crippen LogP contribution in [-0.4, -0.2) is 5.71 Å². The van der Waals surface area contributed by atoms with Crippen LogP contribution in [0, 0.1) is 0 Å². The minimum absolute atomic E-state index is 0.220. The molecule has 1 heteroatoms. The molecule has 0 spiro atoms. The molecule has 1 aliphatic carbocycles. The average Bonchev–Trinajstić information content (AvgIpc) is 3.08. The second-order valence-electron chi connectivity index (χ2n) is 6.42. The van der Waals surface area contributed by atoms with Crippen LogP contribution in [0.5, 0.6) is 0 Å².